The van der Waals surface area contributed by atoms with E-state index in [1.54, 1.807) is 19.2 Å². The first-order valence-corrected chi connectivity index (χ1v) is 4.88. The Kier molecular flexibility index (Phi) is 2.67. The number of hydrogen-bond acceptors (Lipinski definition) is 4. The molecule has 0 spiro atoms. The molecule has 4 nitrogen and oxygen atoms in total. The van der Waals surface area contributed by atoms with Crippen molar-refractivity contribution in [3.63, 3.8) is 0 Å². The molecule has 0 aromatic carbocycles. The van der Waals surface area contributed by atoms with E-state index in [1.165, 1.54) is 0 Å². The highest BCUT2D eigenvalue weighted by atomic mass is 16.5. The number of ether oxygens (including phenoxy) is 1. The van der Waals surface area contributed by atoms with Gasteiger partial charge in [-0.1, -0.05) is 6.07 Å². The third kappa shape index (κ3) is 1.98. The molecule has 15 heavy (non-hydrogen) atoms. The van der Waals surface area contributed by atoms with Crippen molar-refractivity contribution >= 4 is 12.0 Å². The van der Waals surface area contributed by atoms with Gasteiger partial charge in [0, 0.05) is 12.7 Å². The predicted octanol–water partition coefficient (Wildman–Crippen LogP) is 1.09. The van der Waals surface area contributed by atoms with Gasteiger partial charge in [-0.05, 0) is 24.6 Å². The molecule has 0 bridgehead atoms. The van der Waals surface area contributed by atoms with Crippen molar-refractivity contribution in [3.05, 3.63) is 35.3 Å². The molecule has 0 fully saturated rings. The SMILES string of the molecule is CCOC(=O)C1=Cc2ncccc2CN1. The van der Waals surface area contributed by atoms with Crippen LogP contribution in [-0.4, -0.2) is 17.6 Å². The number of fused-ring (bicyclic) bond motifs is 1. The molecule has 0 unspecified atom stereocenters. The summed E-state index contributed by atoms with van der Waals surface area (Å²) in [5.74, 6) is -0.325. The lowest BCUT2D eigenvalue weighted by Crippen LogP contribution is -2.25. The van der Waals surface area contributed by atoms with Crippen LogP contribution in [0.3, 0.4) is 0 Å². The van der Waals surface area contributed by atoms with Crippen LogP contribution >= 0.6 is 0 Å². The molecule has 1 aliphatic heterocycles. The summed E-state index contributed by atoms with van der Waals surface area (Å²) in [5.41, 5.74) is 2.40. The standard InChI is InChI=1S/C11H12N2O2/c1-2-15-11(14)10-6-9-8(7-13-10)4-3-5-12-9/h3-6,13H,2,7H2,1H3. The van der Waals surface area contributed by atoms with Gasteiger partial charge in [-0.2, -0.15) is 0 Å². The summed E-state index contributed by atoms with van der Waals surface area (Å²) >= 11 is 0. The Morgan fingerprint density at radius 1 is 1.67 bits per heavy atom. The highest BCUT2D eigenvalue weighted by Crippen LogP contribution is 2.15. The van der Waals surface area contributed by atoms with E-state index in [0.717, 1.165) is 11.3 Å². The number of pyridine rings is 1. The minimum Gasteiger partial charge on any atom is -0.461 e. The molecule has 0 saturated heterocycles. The maximum absolute atomic E-state index is 11.4. The van der Waals surface area contributed by atoms with Crippen LogP contribution in [0.5, 0.6) is 0 Å². The summed E-state index contributed by atoms with van der Waals surface area (Å²) in [6.07, 6.45) is 3.43. The van der Waals surface area contributed by atoms with Gasteiger partial charge in [0.15, 0.2) is 0 Å². The second kappa shape index (κ2) is 4.13. The average molecular weight is 204 g/mol. The van der Waals surface area contributed by atoms with E-state index in [2.05, 4.69) is 10.3 Å². The Morgan fingerprint density at radius 2 is 2.53 bits per heavy atom. The number of carbonyl (C=O) groups is 1. The Bertz CT molecular complexity index is 413. The minimum atomic E-state index is -0.325. The lowest BCUT2D eigenvalue weighted by Gasteiger charge is -2.16. The second-order valence-electron chi connectivity index (χ2n) is 3.18. The zero-order valence-corrected chi connectivity index (χ0v) is 8.49. The number of nitrogens with zero attached hydrogens (tertiary/aromatic N) is 1. The van der Waals surface area contributed by atoms with E-state index in [1.807, 2.05) is 12.1 Å². The molecule has 4 heteroatoms. The van der Waals surface area contributed by atoms with Gasteiger partial charge in [0.2, 0.25) is 0 Å². The Morgan fingerprint density at radius 3 is 3.33 bits per heavy atom. The van der Waals surface area contributed by atoms with Crippen LogP contribution in [0.2, 0.25) is 0 Å². The topological polar surface area (TPSA) is 51.2 Å². The molecular formula is C11H12N2O2. The fourth-order valence-electron chi connectivity index (χ4n) is 1.45. The Balaban J connectivity index is 2.25. The molecule has 1 aromatic heterocycles. The van der Waals surface area contributed by atoms with Crippen molar-refractivity contribution in [2.75, 3.05) is 6.61 Å². The van der Waals surface area contributed by atoms with E-state index in [-0.39, 0.29) is 5.97 Å². The first kappa shape index (κ1) is 9.71. The first-order valence-electron chi connectivity index (χ1n) is 4.88. The molecule has 1 aliphatic rings. The van der Waals surface area contributed by atoms with Gasteiger partial charge < -0.3 is 10.1 Å². The van der Waals surface area contributed by atoms with Crippen LogP contribution in [0.1, 0.15) is 18.2 Å². The fourth-order valence-corrected chi connectivity index (χ4v) is 1.45. The number of esters is 1. The van der Waals surface area contributed by atoms with Gasteiger partial charge >= 0.3 is 5.97 Å². The number of nitrogens with one attached hydrogen (secondary N) is 1. The van der Waals surface area contributed by atoms with Crippen LogP contribution in [0, 0.1) is 0 Å². The predicted molar refractivity (Wildman–Crippen MR) is 55.7 cm³/mol. The van der Waals surface area contributed by atoms with Crippen LogP contribution in [0.25, 0.3) is 6.08 Å². The fraction of sp³-hybridized carbons (Fsp3) is 0.273. The zero-order chi connectivity index (χ0) is 10.7. The molecular weight excluding hydrogens is 192 g/mol. The summed E-state index contributed by atoms with van der Waals surface area (Å²) in [7, 11) is 0. The van der Waals surface area contributed by atoms with Crippen LogP contribution in [0.4, 0.5) is 0 Å². The summed E-state index contributed by atoms with van der Waals surface area (Å²) in [5, 5.41) is 3.01. The Labute approximate surface area is 88.0 Å². The normalized spacial score (nSPS) is 13.5. The van der Waals surface area contributed by atoms with Crippen LogP contribution in [-0.2, 0) is 16.1 Å². The first-order chi connectivity index (χ1) is 7.31. The van der Waals surface area contributed by atoms with Crippen molar-refractivity contribution in [2.45, 2.75) is 13.5 Å². The van der Waals surface area contributed by atoms with Crippen molar-refractivity contribution < 1.29 is 9.53 Å². The molecule has 1 aromatic rings. The van der Waals surface area contributed by atoms with E-state index < -0.39 is 0 Å². The monoisotopic (exact) mass is 204 g/mol. The highest BCUT2D eigenvalue weighted by Gasteiger charge is 2.16. The van der Waals surface area contributed by atoms with Gasteiger partial charge in [-0.25, -0.2) is 4.79 Å². The van der Waals surface area contributed by atoms with Gasteiger partial charge in [0.25, 0.3) is 0 Å². The van der Waals surface area contributed by atoms with E-state index in [0.29, 0.717) is 18.8 Å². The van der Waals surface area contributed by atoms with Crippen molar-refractivity contribution in [1.82, 2.24) is 10.3 Å². The molecule has 2 rings (SSSR count). The van der Waals surface area contributed by atoms with Crippen molar-refractivity contribution in [3.8, 4) is 0 Å². The number of carbonyl (C=O) groups excluding carboxylic acids is 1. The summed E-state index contributed by atoms with van der Waals surface area (Å²) in [6, 6.07) is 3.86. The molecule has 0 amide bonds. The molecule has 0 atom stereocenters. The van der Waals surface area contributed by atoms with Crippen LogP contribution in [0.15, 0.2) is 24.0 Å². The number of aromatic nitrogens is 1. The minimum absolute atomic E-state index is 0.325. The largest absolute Gasteiger partial charge is 0.461 e. The van der Waals surface area contributed by atoms with E-state index in [4.69, 9.17) is 4.74 Å². The second-order valence-corrected chi connectivity index (χ2v) is 3.18. The van der Waals surface area contributed by atoms with Crippen molar-refractivity contribution in [2.24, 2.45) is 0 Å². The third-order valence-electron chi connectivity index (χ3n) is 2.17. The van der Waals surface area contributed by atoms with E-state index in [9.17, 15) is 4.79 Å². The maximum Gasteiger partial charge on any atom is 0.354 e. The third-order valence-corrected chi connectivity index (χ3v) is 2.17. The lowest BCUT2D eigenvalue weighted by molar-refractivity contribution is -0.138. The summed E-state index contributed by atoms with van der Waals surface area (Å²) in [4.78, 5) is 15.6. The summed E-state index contributed by atoms with van der Waals surface area (Å²) in [6.45, 7) is 2.79. The maximum atomic E-state index is 11.4. The van der Waals surface area contributed by atoms with Gasteiger partial charge in [-0.15, -0.1) is 0 Å². The molecule has 78 valence electrons. The average Bonchev–Trinajstić information content (AvgIpc) is 2.29. The van der Waals surface area contributed by atoms with Gasteiger partial charge in [-0.3, -0.25) is 4.98 Å². The molecule has 0 saturated carbocycles. The van der Waals surface area contributed by atoms with Gasteiger partial charge in [0.1, 0.15) is 5.70 Å². The van der Waals surface area contributed by atoms with E-state index >= 15 is 0 Å². The molecule has 1 N–H and O–H groups in total. The Hall–Kier alpha value is -1.84. The zero-order valence-electron chi connectivity index (χ0n) is 8.49. The molecule has 0 radical (unpaired) electrons. The van der Waals surface area contributed by atoms with Gasteiger partial charge in [0.05, 0.1) is 12.3 Å². The van der Waals surface area contributed by atoms with Crippen LogP contribution < -0.4 is 5.32 Å². The molecule has 2 heterocycles. The number of rotatable bonds is 2. The lowest BCUT2D eigenvalue weighted by atomic mass is 10.1. The summed E-state index contributed by atoms with van der Waals surface area (Å²) < 4.78 is 4.90. The molecule has 0 aliphatic carbocycles. The quantitative estimate of drug-likeness (QED) is 0.733. The number of hydrogen-bond donors (Lipinski definition) is 1. The van der Waals surface area contributed by atoms with Crippen molar-refractivity contribution in [1.29, 1.82) is 0 Å². The smallest absolute Gasteiger partial charge is 0.354 e. The highest BCUT2D eigenvalue weighted by molar-refractivity contribution is 5.93.